The van der Waals surface area contributed by atoms with Gasteiger partial charge in [0.25, 0.3) is 0 Å². The quantitative estimate of drug-likeness (QED) is 0.894. The van der Waals surface area contributed by atoms with Crippen LogP contribution in [0.15, 0.2) is 18.2 Å². The summed E-state index contributed by atoms with van der Waals surface area (Å²) in [7, 11) is 0. The molecule has 0 aromatic heterocycles. The lowest BCUT2D eigenvalue weighted by molar-refractivity contribution is 0.301. The van der Waals surface area contributed by atoms with E-state index in [0.29, 0.717) is 5.41 Å². The Morgan fingerprint density at radius 2 is 2.05 bits per heavy atom. The Bertz CT molecular complexity index is 438. The van der Waals surface area contributed by atoms with Gasteiger partial charge in [0.2, 0.25) is 0 Å². The Balaban J connectivity index is 2.34. The summed E-state index contributed by atoms with van der Waals surface area (Å²) < 4.78 is 14.2. The van der Waals surface area contributed by atoms with Crippen LogP contribution in [0.5, 0.6) is 0 Å². The van der Waals surface area contributed by atoms with E-state index in [1.54, 1.807) is 12.1 Å². The molecule has 0 aliphatic carbocycles. The van der Waals surface area contributed by atoms with Crippen molar-refractivity contribution >= 4 is 5.69 Å². The molecule has 1 aliphatic rings. The molecule has 0 radical (unpaired) electrons. The Hall–Kier alpha value is -1.09. The van der Waals surface area contributed by atoms with Crippen molar-refractivity contribution in [3.8, 4) is 0 Å². The summed E-state index contributed by atoms with van der Waals surface area (Å²) in [5.74, 6) is -0.141. The zero-order valence-electron chi connectivity index (χ0n) is 12.2. The Morgan fingerprint density at radius 1 is 1.37 bits per heavy atom. The lowest BCUT2D eigenvalue weighted by atomic mass is 9.82. The summed E-state index contributed by atoms with van der Waals surface area (Å²) in [4.78, 5) is 2.20. The summed E-state index contributed by atoms with van der Waals surface area (Å²) in [6.45, 7) is 8.27. The van der Waals surface area contributed by atoms with Gasteiger partial charge in [-0.3, -0.25) is 0 Å². The third-order valence-corrected chi connectivity index (χ3v) is 4.76. The predicted molar refractivity (Wildman–Crippen MR) is 78.8 cm³/mol. The first kappa shape index (κ1) is 14.3. The van der Waals surface area contributed by atoms with Gasteiger partial charge < -0.3 is 10.6 Å². The van der Waals surface area contributed by atoms with Gasteiger partial charge >= 0.3 is 0 Å². The fourth-order valence-corrected chi connectivity index (χ4v) is 3.19. The number of rotatable bonds is 4. The van der Waals surface area contributed by atoms with E-state index in [4.69, 9.17) is 5.73 Å². The number of benzene rings is 1. The number of hydrogen-bond acceptors (Lipinski definition) is 2. The van der Waals surface area contributed by atoms with Crippen LogP contribution in [-0.4, -0.2) is 13.1 Å². The van der Waals surface area contributed by atoms with Crippen LogP contribution in [0, 0.1) is 11.2 Å². The first-order valence-corrected chi connectivity index (χ1v) is 7.32. The molecule has 1 aromatic carbocycles. The second kappa shape index (κ2) is 5.49. The van der Waals surface area contributed by atoms with Crippen LogP contribution in [0.1, 0.15) is 51.6 Å². The summed E-state index contributed by atoms with van der Waals surface area (Å²) in [6.07, 6.45) is 3.46. The topological polar surface area (TPSA) is 29.3 Å². The molecular weight excluding hydrogens is 239 g/mol. The van der Waals surface area contributed by atoms with Crippen molar-refractivity contribution in [1.29, 1.82) is 0 Å². The van der Waals surface area contributed by atoms with E-state index in [1.807, 2.05) is 13.0 Å². The van der Waals surface area contributed by atoms with E-state index in [0.717, 1.165) is 43.6 Å². The summed E-state index contributed by atoms with van der Waals surface area (Å²) >= 11 is 0. The molecule has 3 heteroatoms. The molecule has 0 saturated carbocycles. The molecule has 2 N–H and O–H groups in total. The smallest absolute Gasteiger partial charge is 0.146 e. The van der Waals surface area contributed by atoms with Crippen LogP contribution in [0.4, 0.5) is 10.1 Å². The third-order valence-electron chi connectivity index (χ3n) is 4.76. The summed E-state index contributed by atoms with van der Waals surface area (Å²) in [6, 6.07) is 5.10. The van der Waals surface area contributed by atoms with Crippen LogP contribution in [0.25, 0.3) is 0 Å². The van der Waals surface area contributed by atoms with Crippen molar-refractivity contribution in [1.82, 2.24) is 0 Å². The molecule has 1 aliphatic heterocycles. The maximum atomic E-state index is 14.2. The number of para-hydroxylation sites is 1. The van der Waals surface area contributed by atoms with Gasteiger partial charge in [-0.2, -0.15) is 0 Å². The van der Waals surface area contributed by atoms with Gasteiger partial charge in [0.15, 0.2) is 0 Å². The molecule has 106 valence electrons. The van der Waals surface area contributed by atoms with E-state index in [1.165, 1.54) is 0 Å². The average Bonchev–Trinajstić information content (AvgIpc) is 2.83. The molecule has 1 aromatic rings. The summed E-state index contributed by atoms with van der Waals surface area (Å²) in [5.41, 5.74) is 7.98. The number of nitrogens with zero attached hydrogens (tertiary/aromatic N) is 1. The molecule has 19 heavy (non-hydrogen) atoms. The van der Waals surface area contributed by atoms with Crippen molar-refractivity contribution in [2.24, 2.45) is 11.1 Å². The first-order chi connectivity index (χ1) is 9.03. The van der Waals surface area contributed by atoms with Crippen molar-refractivity contribution in [2.45, 2.75) is 46.1 Å². The van der Waals surface area contributed by atoms with Crippen molar-refractivity contribution in [3.63, 3.8) is 0 Å². The van der Waals surface area contributed by atoms with Gasteiger partial charge in [0, 0.05) is 19.1 Å². The molecule has 0 bridgehead atoms. The van der Waals surface area contributed by atoms with Gasteiger partial charge in [-0.1, -0.05) is 26.0 Å². The molecule has 1 saturated heterocycles. The highest BCUT2D eigenvalue weighted by molar-refractivity contribution is 5.57. The fraction of sp³-hybridized carbons (Fsp3) is 0.625. The monoisotopic (exact) mass is 264 g/mol. The molecule has 1 atom stereocenters. The van der Waals surface area contributed by atoms with Gasteiger partial charge in [-0.15, -0.1) is 0 Å². The number of anilines is 1. The maximum absolute atomic E-state index is 14.2. The highest BCUT2D eigenvalue weighted by Crippen LogP contribution is 2.41. The van der Waals surface area contributed by atoms with E-state index in [-0.39, 0.29) is 11.9 Å². The Kier molecular flexibility index (Phi) is 4.14. The fourth-order valence-electron chi connectivity index (χ4n) is 3.19. The van der Waals surface area contributed by atoms with Gasteiger partial charge in [-0.25, -0.2) is 4.39 Å². The molecule has 2 nitrogen and oxygen atoms in total. The minimum atomic E-state index is -0.141. The lowest BCUT2D eigenvalue weighted by Crippen LogP contribution is -2.28. The van der Waals surface area contributed by atoms with E-state index < -0.39 is 0 Å². The molecule has 0 spiro atoms. The van der Waals surface area contributed by atoms with E-state index in [9.17, 15) is 4.39 Å². The van der Waals surface area contributed by atoms with Crippen molar-refractivity contribution in [2.75, 3.05) is 18.0 Å². The highest BCUT2D eigenvalue weighted by Gasteiger charge is 2.36. The normalized spacial score (nSPS) is 19.7. The lowest BCUT2D eigenvalue weighted by Gasteiger charge is -2.29. The van der Waals surface area contributed by atoms with Gasteiger partial charge in [0.1, 0.15) is 5.82 Å². The zero-order valence-corrected chi connectivity index (χ0v) is 12.2. The molecule has 0 unspecified atom stereocenters. The van der Waals surface area contributed by atoms with Crippen LogP contribution >= 0.6 is 0 Å². The van der Waals surface area contributed by atoms with Crippen LogP contribution in [0.2, 0.25) is 0 Å². The van der Waals surface area contributed by atoms with Crippen LogP contribution in [0.3, 0.4) is 0 Å². The van der Waals surface area contributed by atoms with E-state index >= 15 is 0 Å². The number of hydrogen-bond donors (Lipinski definition) is 1. The molecule has 0 amide bonds. The van der Waals surface area contributed by atoms with Crippen molar-refractivity contribution in [3.05, 3.63) is 29.6 Å². The first-order valence-electron chi connectivity index (χ1n) is 7.32. The third kappa shape index (κ3) is 2.62. The Labute approximate surface area is 115 Å². The second-order valence-electron chi connectivity index (χ2n) is 5.85. The largest absolute Gasteiger partial charge is 0.368 e. The maximum Gasteiger partial charge on any atom is 0.146 e. The average molecular weight is 264 g/mol. The summed E-state index contributed by atoms with van der Waals surface area (Å²) in [5, 5.41) is 0. The van der Waals surface area contributed by atoms with Crippen LogP contribution < -0.4 is 10.6 Å². The number of halogens is 1. The van der Waals surface area contributed by atoms with Crippen LogP contribution in [-0.2, 0) is 0 Å². The number of nitrogens with two attached hydrogens (primary N) is 1. The SMILES string of the molecule is CCC1(CC)CCN(c2c(F)cccc2[C@H](C)N)C1. The van der Waals surface area contributed by atoms with Gasteiger partial charge in [0.05, 0.1) is 5.69 Å². The minimum absolute atomic E-state index is 0.135. The molecule has 1 heterocycles. The standard InChI is InChI=1S/C16H25FN2/c1-4-16(5-2)9-10-19(11-16)15-13(12(3)18)7-6-8-14(15)17/h6-8,12H,4-5,9-11,18H2,1-3H3/t12-/m0/s1. The zero-order chi connectivity index (χ0) is 14.0. The minimum Gasteiger partial charge on any atom is -0.368 e. The van der Waals surface area contributed by atoms with Crippen molar-refractivity contribution < 1.29 is 4.39 Å². The molecular formula is C16H25FN2. The van der Waals surface area contributed by atoms with E-state index in [2.05, 4.69) is 18.7 Å². The van der Waals surface area contributed by atoms with Gasteiger partial charge in [-0.05, 0) is 43.2 Å². The predicted octanol–water partition coefficient (Wildman–Crippen LogP) is 3.86. The molecule has 1 fully saturated rings. The highest BCUT2D eigenvalue weighted by atomic mass is 19.1. The molecule has 2 rings (SSSR count). The second-order valence-corrected chi connectivity index (χ2v) is 5.85. The Morgan fingerprint density at radius 3 is 2.58 bits per heavy atom.